The van der Waals surface area contributed by atoms with E-state index in [4.69, 9.17) is 5.73 Å². The Hall–Kier alpha value is -1.06. The van der Waals surface area contributed by atoms with Crippen molar-refractivity contribution in [2.45, 2.75) is 44.8 Å². The molecule has 3 N–H and O–H groups in total. The number of anilines is 1. The molecule has 1 aromatic rings. The molecule has 0 aliphatic heterocycles. The number of hydrogen-bond donors (Lipinski definition) is 2. The Morgan fingerprint density at radius 3 is 2.37 bits per heavy atom. The number of hydrogen-bond acceptors (Lipinski definition) is 3. The Balaban J connectivity index is 1.87. The van der Waals surface area contributed by atoms with Crippen LogP contribution < -0.4 is 5.73 Å². The fourth-order valence-corrected chi connectivity index (χ4v) is 2.93. The van der Waals surface area contributed by atoms with E-state index in [0.717, 1.165) is 17.2 Å². The molecular formula is C16H26N2O. The zero-order valence-corrected chi connectivity index (χ0v) is 12.0. The number of nitrogens with zero attached hydrogens (tertiary/aromatic N) is 1. The van der Waals surface area contributed by atoms with Gasteiger partial charge in [-0.1, -0.05) is 19.1 Å². The summed E-state index contributed by atoms with van der Waals surface area (Å²) in [6.45, 7) is 3.03. The zero-order chi connectivity index (χ0) is 13.8. The van der Waals surface area contributed by atoms with Crippen molar-refractivity contribution in [1.82, 2.24) is 4.90 Å². The van der Waals surface area contributed by atoms with Crippen molar-refractivity contribution in [1.29, 1.82) is 0 Å². The van der Waals surface area contributed by atoms with Crippen LogP contribution in [0.25, 0.3) is 0 Å². The van der Waals surface area contributed by atoms with Gasteiger partial charge in [0, 0.05) is 18.3 Å². The van der Waals surface area contributed by atoms with E-state index in [1.165, 1.54) is 25.7 Å². The first-order valence-electron chi connectivity index (χ1n) is 7.30. The van der Waals surface area contributed by atoms with Gasteiger partial charge in [-0.3, -0.25) is 0 Å². The van der Waals surface area contributed by atoms with Gasteiger partial charge in [-0.15, -0.1) is 0 Å². The molecule has 3 nitrogen and oxygen atoms in total. The first-order valence-corrected chi connectivity index (χ1v) is 7.30. The number of aliphatic hydroxyl groups is 1. The van der Waals surface area contributed by atoms with E-state index in [0.29, 0.717) is 12.6 Å². The maximum Gasteiger partial charge on any atom is 0.0916 e. The Morgan fingerprint density at radius 1 is 1.21 bits per heavy atom. The first-order chi connectivity index (χ1) is 9.06. The van der Waals surface area contributed by atoms with E-state index in [1.807, 2.05) is 24.3 Å². The second kappa shape index (κ2) is 6.40. The lowest BCUT2D eigenvalue weighted by Crippen LogP contribution is -2.37. The lowest BCUT2D eigenvalue weighted by molar-refractivity contribution is 0.0857. The lowest BCUT2D eigenvalue weighted by Gasteiger charge is -2.34. The van der Waals surface area contributed by atoms with Crippen LogP contribution in [-0.2, 0) is 0 Å². The summed E-state index contributed by atoms with van der Waals surface area (Å²) in [4.78, 5) is 2.31. The summed E-state index contributed by atoms with van der Waals surface area (Å²) >= 11 is 0. The minimum absolute atomic E-state index is 0.426. The van der Waals surface area contributed by atoms with E-state index in [9.17, 15) is 5.11 Å². The number of aliphatic hydroxyl groups excluding tert-OH is 1. The Labute approximate surface area is 116 Å². The Kier molecular flexibility index (Phi) is 4.83. The van der Waals surface area contributed by atoms with Crippen LogP contribution in [-0.4, -0.2) is 29.6 Å². The second-order valence-electron chi connectivity index (χ2n) is 6.04. The van der Waals surface area contributed by atoms with Crippen molar-refractivity contribution in [3.8, 4) is 0 Å². The number of nitrogen functional groups attached to an aromatic ring is 1. The van der Waals surface area contributed by atoms with Crippen LogP contribution in [0.5, 0.6) is 0 Å². The van der Waals surface area contributed by atoms with E-state index < -0.39 is 6.10 Å². The van der Waals surface area contributed by atoms with Gasteiger partial charge in [0.2, 0.25) is 0 Å². The van der Waals surface area contributed by atoms with Crippen LogP contribution in [0.15, 0.2) is 24.3 Å². The molecule has 0 heterocycles. The molecule has 0 aromatic heterocycles. The fraction of sp³-hybridized carbons (Fsp3) is 0.625. The molecule has 1 aliphatic carbocycles. The van der Waals surface area contributed by atoms with Crippen LogP contribution in [0.4, 0.5) is 5.69 Å². The Morgan fingerprint density at radius 2 is 1.79 bits per heavy atom. The fourth-order valence-electron chi connectivity index (χ4n) is 2.93. The van der Waals surface area contributed by atoms with Gasteiger partial charge in [0.25, 0.3) is 0 Å². The summed E-state index contributed by atoms with van der Waals surface area (Å²) in [7, 11) is 2.13. The minimum atomic E-state index is -0.426. The maximum atomic E-state index is 10.3. The molecule has 0 saturated heterocycles. The standard InChI is InChI=1S/C16H26N2O/c1-12-3-9-15(10-4-12)18(2)11-16(19)13-5-7-14(17)8-6-13/h5-8,12,15-16,19H,3-4,9-11,17H2,1-2H3. The summed E-state index contributed by atoms with van der Waals surface area (Å²) in [6, 6.07) is 8.15. The number of nitrogens with two attached hydrogens (primary N) is 1. The van der Waals surface area contributed by atoms with Crippen molar-refractivity contribution in [2.24, 2.45) is 5.92 Å². The molecular weight excluding hydrogens is 236 g/mol. The zero-order valence-electron chi connectivity index (χ0n) is 12.0. The van der Waals surface area contributed by atoms with E-state index in [1.54, 1.807) is 0 Å². The summed E-state index contributed by atoms with van der Waals surface area (Å²) in [5.74, 6) is 0.867. The first kappa shape index (κ1) is 14.4. The van der Waals surface area contributed by atoms with E-state index in [-0.39, 0.29) is 0 Å². The van der Waals surface area contributed by atoms with Gasteiger partial charge < -0.3 is 15.7 Å². The topological polar surface area (TPSA) is 49.5 Å². The summed E-state index contributed by atoms with van der Waals surface area (Å²) in [5.41, 5.74) is 7.36. The molecule has 3 heteroatoms. The molecule has 0 amide bonds. The molecule has 1 aromatic carbocycles. The molecule has 1 atom stereocenters. The third-order valence-electron chi connectivity index (χ3n) is 4.39. The molecule has 0 bridgehead atoms. The molecule has 2 rings (SSSR count). The van der Waals surface area contributed by atoms with Crippen molar-refractivity contribution in [3.63, 3.8) is 0 Å². The highest BCUT2D eigenvalue weighted by atomic mass is 16.3. The third kappa shape index (κ3) is 3.95. The number of likely N-dealkylation sites (N-methyl/N-ethyl adjacent to an activating group) is 1. The molecule has 0 spiro atoms. The smallest absolute Gasteiger partial charge is 0.0916 e. The van der Waals surface area contributed by atoms with Crippen LogP contribution >= 0.6 is 0 Å². The van der Waals surface area contributed by atoms with Crippen molar-refractivity contribution >= 4 is 5.69 Å². The minimum Gasteiger partial charge on any atom is -0.399 e. The molecule has 19 heavy (non-hydrogen) atoms. The van der Waals surface area contributed by atoms with Crippen LogP contribution in [0.3, 0.4) is 0 Å². The van der Waals surface area contributed by atoms with Crippen molar-refractivity contribution in [3.05, 3.63) is 29.8 Å². The average Bonchev–Trinajstić information content (AvgIpc) is 2.40. The van der Waals surface area contributed by atoms with Crippen molar-refractivity contribution in [2.75, 3.05) is 19.3 Å². The summed E-state index contributed by atoms with van der Waals surface area (Å²) < 4.78 is 0. The SMILES string of the molecule is CC1CCC(N(C)CC(O)c2ccc(N)cc2)CC1. The van der Waals surface area contributed by atoms with Gasteiger partial charge in [-0.2, -0.15) is 0 Å². The van der Waals surface area contributed by atoms with Crippen molar-refractivity contribution < 1.29 is 5.11 Å². The largest absolute Gasteiger partial charge is 0.399 e. The molecule has 1 unspecified atom stereocenters. The third-order valence-corrected chi connectivity index (χ3v) is 4.39. The van der Waals surface area contributed by atoms with Crippen LogP contribution in [0, 0.1) is 5.92 Å². The normalized spacial score (nSPS) is 25.5. The predicted molar refractivity (Wildman–Crippen MR) is 79.9 cm³/mol. The maximum absolute atomic E-state index is 10.3. The highest BCUT2D eigenvalue weighted by molar-refractivity contribution is 5.39. The number of benzene rings is 1. The monoisotopic (exact) mass is 262 g/mol. The molecule has 1 saturated carbocycles. The lowest BCUT2D eigenvalue weighted by atomic mass is 9.86. The summed E-state index contributed by atoms with van der Waals surface area (Å²) in [6.07, 6.45) is 4.71. The second-order valence-corrected chi connectivity index (χ2v) is 6.04. The molecule has 0 radical (unpaired) electrons. The van der Waals surface area contributed by atoms with Gasteiger partial charge in [-0.05, 0) is 56.3 Å². The van der Waals surface area contributed by atoms with Gasteiger partial charge in [0.1, 0.15) is 0 Å². The van der Waals surface area contributed by atoms with E-state index in [2.05, 4.69) is 18.9 Å². The average molecular weight is 262 g/mol. The van der Waals surface area contributed by atoms with E-state index >= 15 is 0 Å². The van der Waals surface area contributed by atoms with Crippen LogP contribution in [0.2, 0.25) is 0 Å². The number of rotatable bonds is 4. The molecule has 1 fully saturated rings. The molecule has 1 aliphatic rings. The quantitative estimate of drug-likeness (QED) is 0.820. The predicted octanol–water partition coefficient (Wildman–Crippen LogP) is 2.81. The van der Waals surface area contributed by atoms with Gasteiger partial charge in [0.15, 0.2) is 0 Å². The highest BCUT2D eigenvalue weighted by Crippen LogP contribution is 2.27. The highest BCUT2D eigenvalue weighted by Gasteiger charge is 2.23. The van der Waals surface area contributed by atoms with Gasteiger partial charge >= 0.3 is 0 Å². The van der Waals surface area contributed by atoms with Gasteiger partial charge in [0.05, 0.1) is 6.10 Å². The van der Waals surface area contributed by atoms with Gasteiger partial charge in [-0.25, -0.2) is 0 Å². The van der Waals surface area contributed by atoms with Crippen LogP contribution in [0.1, 0.15) is 44.3 Å². The molecule has 106 valence electrons. The summed E-state index contributed by atoms with van der Waals surface area (Å²) in [5, 5.41) is 10.3. The Bertz CT molecular complexity index is 382.